The minimum Gasteiger partial charge on any atom is -0.465 e. The number of benzene rings is 2. The summed E-state index contributed by atoms with van der Waals surface area (Å²) in [6.45, 7) is 1.47. The second kappa shape index (κ2) is 7.81. The monoisotopic (exact) mass is 303 g/mol. The number of nitrogens with one attached hydrogen (secondary N) is 1. The van der Waals surface area contributed by atoms with E-state index < -0.39 is 0 Å². The predicted molar refractivity (Wildman–Crippen MR) is 84.6 cm³/mol. The van der Waals surface area contributed by atoms with Gasteiger partial charge >= 0.3 is 5.97 Å². The largest absolute Gasteiger partial charge is 0.465 e. The Balaban J connectivity index is 1.86. The molecule has 0 fully saturated rings. The molecule has 2 aromatic rings. The van der Waals surface area contributed by atoms with Gasteiger partial charge in [0.1, 0.15) is 0 Å². The Hall–Kier alpha value is -1.84. The van der Waals surface area contributed by atoms with E-state index in [1.807, 2.05) is 42.5 Å². The molecule has 1 N–H and O–H groups in total. The quantitative estimate of drug-likeness (QED) is 0.656. The van der Waals surface area contributed by atoms with Crippen molar-refractivity contribution in [2.45, 2.75) is 13.0 Å². The molecule has 0 atom stereocenters. The van der Waals surface area contributed by atoms with Crippen molar-refractivity contribution in [2.75, 3.05) is 13.7 Å². The molecule has 0 saturated heterocycles. The van der Waals surface area contributed by atoms with E-state index in [1.54, 1.807) is 6.07 Å². The van der Waals surface area contributed by atoms with Crippen LogP contribution >= 0.6 is 11.6 Å². The second-order valence-electron chi connectivity index (χ2n) is 4.70. The maximum atomic E-state index is 11.7. The smallest absolute Gasteiger partial charge is 0.338 e. The number of rotatable bonds is 6. The number of carbonyl (C=O) groups excluding carboxylic acids is 1. The van der Waals surface area contributed by atoms with E-state index in [0.29, 0.717) is 12.1 Å². The van der Waals surface area contributed by atoms with Crippen LogP contribution in [0.1, 0.15) is 21.5 Å². The Morgan fingerprint density at radius 2 is 1.86 bits per heavy atom. The number of esters is 1. The van der Waals surface area contributed by atoms with Crippen LogP contribution in [0.15, 0.2) is 48.5 Å². The second-order valence-corrected chi connectivity index (χ2v) is 5.14. The van der Waals surface area contributed by atoms with Crippen LogP contribution in [0.25, 0.3) is 0 Å². The summed E-state index contributed by atoms with van der Waals surface area (Å²) < 4.78 is 4.78. The molecule has 110 valence electrons. The van der Waals surface area contributed by atoms with Crippen molar-refractivity contribution in [3.05, 3.63) is 70.2 Å². The molecule has 2 rings (SSSR count). The summed E-state index contributed by atoms with van der Waals surface area (Å²) in [5.74, 6) is -0.301. The number of hydrogen-bond acceptors (Lipinski definition) is 3. The number of hydrogen-bond donors (Lipinski definition) is 1. The fourth-order valence-corrected chi connectivity index (χ4v) is 2.22. The van der Waals surface area contributed by atoms with Crippen LogP contribution in [0.2, 0.25) is 5.02 Å². The first-order valence-corrected chi connectivity index (χ1v) is 7.20. The van der Waals surface area contributed by atoms with Gasteiger partial charge < -0.3 is 10.1 Å². The van der Waals surface area contributed by atoms with Gasteiger partial charge in [0, 0.05) is 11.6 Å². The van der Waals surface area contributed by atoms with Gasteiger partial charge in [0.05, 0.1) is 12.7 Å². The number of methoxy groups -OCH3 is 1. The molecule has 0 aliphatic rings. The van der Waals surface area contributed by atoms with E-state index in [2.05, 4.69) is 5.32 Å². The Labute approximate surface area is 129 Å². The van der Waals surface area contributed by atoms with E-state index in [0.717, 1.165) is 23.6 Å². The van der Waals surface area contributed by atoms with Gasteiger partial charge in [-0.05, 0) is 42.3 Å². The van der Waals surface area contributed by atoms with Crippen LogP contribution in [0.5, 0.6) is 0 Å². The zero-order valence-electron chi connectivity index (χ0n) is 11.9. The van der Waals surface area contributed by atoms with Gasteiger partial charge in [-0.3, -0.25) is 0 Å². The maximum Gasteiger partial charge on any atom is 0.338 e. The molecule has 0 aliphatic heterocycles. The van der Waals surface area contributed by atoms with Gasteiger partial charge in [0.15, 0.2) is 0 Å². The van der Waals surface area contributed by atoms with Gasteiger partial charge in [-0.25, -0.2) is 4.79 Å². The van der Waals surface area contributed by atoms with Crippen molar-refractivity contribution in [1.82, 2.24) is 5.32 Å². The molecule has 0 radical (unpaired) electrons. The summed E-state index contributed by atoms with van der Waals surface area (Å²) in [6, 6.07) is 15.3. The first-order chi connectivity index (χ1) is 10.2. The summed E-state index contributed by atoms with van der Waals surface area (Å²) >= 11 is 5.85. The highest BCUT2D eigenvalue weighted by Crippen LogP contribution is 2.11. The molecular weight excluding hydrogens is 286 g/mol. The highest BCUT2D eigenvalue weighted by atomic mass is 35.5. The van der Waals surface area contributed by atoms with E-state index in [4.69, 9.17) is 16.3 Å². The van der Waals surface area contributed by atoms with Gasteiger partial charge in [-0.15, -0.1) is 0 Å². The SMILES string of the molecule is COC(=O)c1ccccc1CNCCc1ccc(Cl)cc1. The molecule has 0 bridgehead atoms. The molecular formula is C17H18ClNO2. The molecule has 21 heavy (non-hydrogen) atoms. The lowest BCUT2D eigenvalue weighted by molar-refractivity contribution is 0.0599. The summed E-state index contributed by atoms with van der Waals surface area (Å²) in [7, 11) is 1.40. The lowest BCUT2D eigenvalue weighted by Gasteiger charge is -2.09. The summed E-state index contributed by atoms with van der Waals surface area (Å²) in [4.78, 5) is 11.7. The molecule has 0 amide bonds. The first-order valence-electron chi connectivity index (χ1n) is 6.82. The van der Waals surface area contributed by atoms with Gasteiger partial charge in [-0.2, -0.15) is 0 Å². The number of carbonyl (C=O) groups is 1. The summed E-state index contributed by atoms with van der Waals surface area (Å²) in [5, 5.41) is 4.09. The molecule has 0 aliphatic carbocycles. The molecule has 0 heterocycles. The fourth-order valence-electron chi connectivity index (χ4n) is 2.09. The van der Waals surface area contributed by atoms with Crippen molar-refractivity contribution < 1.29 is 9.53 Å². The molecule has 4 heteroatoms. The highest BCUT2D eigenvalue weighted by molar-refractivity contribution is 6.30. The van der Waals surface area contributed by atoms with Gasteiger partial charge in [-0.1, -0.05) is 41.9 Å². The third-order valence-corrected chi connectivity index (χ3v) is 3.49. The summed E-state index contributed by atoms with van der Waals surface area (Å²) in [6.07, 6.45) is 0.914. The van der Waals surface area contributed by atoms with E-state index in [1.165, 1.54) is 12.7 Å². The van der Waals surface area contributed by atoms with E-state index in [-0.39, 0.29) is 5.97 Å². The van der Waals surface area contributed by atoms with Gasteiger partial charge in [0.2, 0.25) is 0 Å². The molecule has 2 aromatic carbocycles. The third kappa shape index (κ3) is 4.59. The molecule has 0 spiro atoms. The minimum absolute atomic E-state index is 0.301. The third-order valence-electron chi connectivity index (χ3n) is 3.24. The molecule has 0 unspecified atom stereocenters. The van der Waals surface area contributed by atoms with Crippen LogP contribution in [-0.4, -0.2) is 19.6 Å². The van der Waals surface area contributed by atoms with Gasteiger partial charge in [0.25, 0.3) is 0 Å². The first kappa shape index (κ1) is 15.5. The normalized spacial score (nSPS) is 10.4. The topological polar surface area (TPSA) is 38.3 Å². The molecule has 0 saturated carbocycles. The molecule has 3 nitrogen and oxygen atoms in total. The van der Waals surface area contributed by atoms with Crippen molar-refractivity contribution in [2.24, 2.45) is 0 Å². The van der Waals surface area contributed by atoms with Crippen LogP contribution in [-0.2, 0) is 17.7 Å². The maximum absolute atomic E-state index is 11.7. The van der Waals surface area contributed by atoms with Crippen molar-refractivity contribution in [3.63, 3.8) is 0 Å². The van der Waals surface area contributed by atoms with Crippen LogP contribution in [0.4, 0.5) is 0 Å². The Morgan fingerprint density at radius 1 is 1.14 bits per heavy atom. The van der Waals surface area contributed by atoms with Crippen molar-refractivity contribution >= 4 is 17.6 Å². The zero-order valence-corrected chi connectivity index (χ0v) is 12.7. The summed E-state index contributed by atoms with van der Waals surface area (Å²) in [5.41, 5.74) is 2.78. The minimum atomic E-state index is -0.301. The van der Waals surface area contributed by atoms with Crippen molar-refractivity contribution in [3.8, 4) is 0 Å². The zero-order chi connectivity index (χ0) is 15.1. The van der Waals surface area contributed by atoms with Crippen LogP contribution in [0.3, 0.4) is 0 Å². The highest BCUT2D eigenvalue weighted by Gasteiger charge is 2.09. The fraction of sp³-hybridized carbons (Fsp3) is 0.235. The average molecular weight is 304 g/mol. The van der Waals surface area contributed by atoms with E-state index in [9.17, 15) is 4.79 Å². The predicted octanol–water partition coefficient (Wildman–Crippen LogP) is 3.46. The lowest BCUT2D eigenvalue weighted by Crippen LogP contribution is -2.19. The standard InChI is InChI=1S/C17H18ClNO2/c1-21-17(20)16-5-3-2-4-14(16)12-19-11-10-13-6-8-15(18)9-7-13/h2-9,19H,10-12H2,1H3. The van der Waals surface area contributed by atoms with Crippen LogP contribution in [0, 0.1) is 0 Å². The van der Waals surface area contributed by atoms with Crippen molar-refractivity contribution in [1.29, 1.82) is 0 Å². The Bertz CT molecular complexity index is 596. The average Bonchev–Trinajstić information content (AvgIpc) is 2.53. The number of ether oxygens (including phenoxy) is 1. The Kier molecular flexibility index (Phi) is 5.78. The molecule has 0 aromatic heterocycles. The Morgan fingerprint density at radius 3 is 2.57 bits per heavy atom. The van der Waals surface area contributed by atoms with Crippen LogP contribution < -0.4 is 5.32 Å². The van der Waals surface area contributed by atoms with E-state index >= 15 is 0 Å². The lowest BCUT2D eigenvalue weighted by atomic mass is 10.1. The number of halogens is 1.